The Balaban J connectivity index is 1.19. The quantitative estimate of drug-likeness (QED) is 0.620. The topological polar surface area (TPSA) is 82.2 Å². The van der Waals surface area contributed by atoms with Crippen LogP contribution in [0.5, 0.6) is 0 Å². The molecule has 0 unspecified atom stereocenters. The molecule has 0 aliphatic carbocycles. The number of likely N-dealkylation sites (tertiary alicyclic amines) is 2. The van der Waals surface area contributed by atoms with Crippen molar-refractivity contribution in [1.29, 1.82) is 0 Å². The van der Waals surface area contributed by atoms with Gasteiger partial charge in [0, 0.05) is 49.4 Å². The van der Waals surface area contributed by atoms with Crippen molar-refractivity contribution >= 4 is 28.9 Å². The number of nitrogens with one attached hydrogen (secondary N) is 1. The summed E-state index contributed by atoms with van der Waals surface area (Å²) in [5, 5.41) is 10.5. The predicted octanol–water partition coefficient (Wildman–Crippen LogP) is 3.26. The highest BCUT2D eigenvalue weighted by atomic mass is 19.1. The molecule has 2 atom stereocenters. The summed E-state index contributed by atoms with van der Waals surface area (Å²) in [5.41, 5.74) is 2.23. The Morgan fingerprint density at radius 2 is 1.76 bits per heavy atom. The summed E-state index contributed by atoms with van der Waals surface area (Å²) < 4.78 is 26.8. The number of hydrogen-bond acceptors (Lipinski definition) is 4. The Labute approximate surface area is 189 Å². The maximum atomic E-state index is 13.8. The van der Waals surface area contributed by atoms with E-state index < -0.39 is 11.6 Å². The average Bonchev–Trinajstić information content (AvgIpc) is 3.39. The molecule has 0 bridgehead atoms. The van der Waals surface area contributed by atoms with E-state index in [0.29, 0.717) is 49.1 Å². The molecular formula is C24H23F2N5O2. The van der Waals surface area contributed by atoms with Crippen LogP contribution in [0, 0.1) is 23.5 Å². The van der Waals surface area contributed by atoms with Crippen LogP contribution in [-0.4, -0.2) is 63.2 Å². The van der Waals surface area contributed by atoms with Crippen LogP contribution in [0.1, 0.15) is 28.8 Å². The van der Waals surface area contributed by atoms with E-state index in [-0.39, 0.29) is 17.4 Å². The number of aromatic nitrogens is 3. The lowest BCUT2D eigenvalue weighted by Crippen LogP contribution is -2.33. The first kappa shape index (κ1) is 21.2. The van der Waals surface area contributed by atoms with Gasteiger partial charge < -0.3 is 9.80 Å². The number of halogens is 2. The lowest BCUT2D eigenvalue weighted by molar-refractivity contribution is -0.126. The van der Waals surface area contributed by atoms with Crippen LogP contribution < -0.4 is 0 Å². The van der Waals surface area contributed by atoms with Gasteiger partial charge in [0.25, 0.3) is 5.91 Å². The lowest BCUT2D eigenvalue weighted by atomic mass is 9.92. The van der Waals surface area contributed by atoms with E-state index in [1.54, 1.807) is 17.0 Å². The van der Waals surface area contributed by atoms with Gasteiger partial charge in [-0.25, -0.2) is 8.78 Å². The normalized spacial score (nSPS) is 20.9. The molecule has 170 valence electrons. The minimum absolute atomic E-state index is 0.00911. The van der Waals surface area contributed by atoms with Crippen molar-refractivity contribution in [3.8, 4) is 0 Å². The summed E-state index contributed by atoms with van der Waals surface area (Å²) in [6.07, 6.45) is 4.34. The van der Waals surface area contributed by atoms with Gasteiger partial charge in [0.15, 0.2) is 0 Å². The van der Waals surface area contributed by atoms with Crippen molar-refractivity contribution in [3.05, 3.63) is 65.2 Å². The highest BCUT2D eigenvalue weighted by Gasteiger charge is 2.37. The second-order valence-electron chi connectivity index (χ2n) is 8.68. The van der Waals surface area contributed by atoms with Gasteiger partial charge in [0.2, 0.25) is 5.91 Å². The predicted molar refractivity (Wildman–Crippen MR) is 118 cm³/mol. The maximum Gasteiger partial charge on any atom is 0.253 e. The van der Waals surface area contributed by atoms with Crippen LogP contribution in [0.4, 0.5) is 8.78 Å². The molecule has 2 aliphatic heterocycles. The molecule has 2 aromatic carbocycles. The van der Waals surface area contributed by atoms with Gasteiger partial charge in [-0.15, -0.1) is 5.10 Å². The molecular weight excluding hydrogens is 428 g/mol. The summed E-state index contributed by atoms with van der Waals surface area (Å²) in [5.74, 6) is -0.877. The van der Waals surface area contributed by atoms with Crippen LogP contribution in [-0.2, 0) is 4.79 Å². The molecule has 3 heterocycles. The third-order valence-corrected chi connectivity index (χ3v) is 6.66. The van der Waals surface area contributed by atoms with Gasteiger partial charge in [-0.05, 0) is 61.1 Å². The zero-order chi connectivity index (χ0) is 22.9. The van der Waals surface area contributed by atoms with Gasteiger partial charge in [0.1, 0.15) is 17.2 Å². The van der Waals surface area contributed by atoms with E-state index >= 15 is 0 Å². The van der Waals surface area contributed by atoms with Crippen LogP contribution in [0.2, 0.25) is 0 Å². The van der Waals surface area contributed by atoms with Crippen molar-refractivity contribution in [2.45, 2.75) is 12.8 Å². The van der Waals surface area contributed by atoms with E-state index in [9.17, 15) is 18.4 Å². The van der Waals surface area contributed by atoms with Crippen molar-refractivity contribution in [1.82, 2.24) is 25.2 Å². The number of nitrogens with zero attached hydrogens (tertiary/aromatic N) is 4. The van der Waals surface area contributed by atoms with Gasteiger partial charge in [0.05, 0.1) is 5.52 Å². The standard InChI is InChI=1S/C24H23F2N5O2/c25-19-4-1-15(20(26)12-19)3-6-23(32)30-9-7-17-13-31(14-18(17)8-10-30)24(33)16-2-5-21-22(11-16)28-29-27-21/h1-6,11-12,17-18H,7-10,13-14H2,(H,27,28,29)/t17-,18+. The van der Waals surface area contributed by atoms with E-state index in [4.69, 9.17) is 0 Å². The molecule has 0 saturated carbocycles. The number of hydrogen-bond donors (Lipinski definition) is 1. The summed E-state index contributed by atoms with van der Waals surface area (Å²) >= 11 is 0. The van der Waals surface area contributed by atoms with E-state index in [0.717, 1.165) is 30.5 Å². The second-order valence-corrected chi connectivity index (χ2v) is 8.68. The number of amides is 2. The summed E-state index contributed by atoms with van der Waals surface area (Å²) in [6.45, 7) is 2.50. The van der Waals surface area contributed by atoms with Gasteiger partial charge in [-0.2, -0.15) is 0 Å². The molecule has 3 aromatic rings. The molecule has 2 saturated heterocycles. The van der Waals surface area contributed by atoms with E-state index in [1.165, 1.54) is 18.2 Å². The maximum absolute atomic E-state index is 13.8. The number of aromatic amines is 1. The van der Waals surface area contributed by atoms with E-state index in [1.807, 2.05) is 11.0 Å². The molecule has 1 aromatic heterocycles. The Bertz CT molecular complexity index is 1220. The largest absolute Gasteiger partial charge is 0.339 e. The minimum atomic E-state index is -0.697. The monoisotopic (exact) mass is 451 g/mol. The first-order valence-electron chi connectivity index (χ1n) is 11.0. The molecule has 0 spiro atoms. The SMILES string of the molecule is O=C(C=Cc1ccc(F)cc1F)N1CC[C@@H]2CN(C(=O)c3ccc4[nH]nnc4c3)C[C@@H]2CC1. The summed E-state index contributed by atoms with van der Waals surface area (Å²) in [6, 6.07) is 8.63. The number of carbonyl (C=O) groups excluding carboxylic acids is 2. The van der Waals surface area contributed by atoms with Crippen molar-refractivity contribution in [2.24, 2.45) is 11.8 Å². The highest BCUT2D eigenvalue weighted by Crippen LogP contribution is 2.33. The van der Waals surface area contributed by atoms with Crippen LogP contribution in [0.15, 0.2) is 42.5 Å². The summed E-state index contributed by atoms with van der Waals surface area (Å²) in [7, 11) is 0. The molecule has 0 radical (unpaired) electrons. The number of fused-ring (bicyclic) bond motifs is 2. The molecule has 2 aliphatic rings. The number of carbonyl (C=O) groups is 2. The van der Waals surface area contributed by atoms with Gasteiger partial charge in [-0.1, -0.05) is 5.21 Å². The zero-order valence-corrected chi connectivity index (χ0v) is 17.9. The Kier molecular flexibility index (Phi) is 5.62. The molecule has 2 fully saturated rings. The molecule has 9 heteroatoms. The fourth-order valence-electron chi connectivity index (χ4n) is 4.79. The molecule has 1 N–H and O–H groups in total. The molecule has 2 amide bonds. The molecule has 33 heavy (non-hydrogen) atoms. The lowest BCUT2D eigenvalue weighted by Gasteiger charge is -2.21. The van der Waals surface area contributed by atoms with Crippen molar-refractivity contribution in [3.63, 3.8) is 0 Å². The first-order chi connectivity index (χ1) is 16.0. The summed E-state index contributed by atoms with van der Waals surface area (Å²) in [4.78, 5) is 29.3. The highest BCUT2D eigenvalue weighted by molar-refractivity contribution is 5.97. The van der Waals surface area contributed by atoms with Crippen LogP contribution in [0.25, 0.3) is 17.1 Å². The smallest absolute Gasteiger partial charge is 0.253 e. The van der Waals surface area contributed by atoms with Crippen molar-refractivity contribution in [2.75, 3.05) is 26.2 Å². The molecule has 7 nitrogen and oxygen atoms in total. The van der Waals surface area contributed by atoms with Crippen molar-refractivity contribution < 1.29 is 18.4 Å². The van der Waals surface area contributed by atoms with E-state index in [2.05, 4.69) is 15.4 Å². The van der Waals surface area contributed by atoms with Gasteiger partial charge in [-0.3, -0.25) is 14.7 Å². The Morgan fingerprint density at radius 3 is 2.48 bits per heavy atom. The fourth-order valence-corrected chi connectivity index (χ4v) is 4.79. The Morgan fingerprint density at radius 1 is 1.00 bits per heavy atom. The number of benzene rings is 2. The number of rotatable bonds is 3. The minimum Gasteiger partial charge on any atom is -0.339 e. The Hall–Kier alpha value is -3.62. The fraction of sp³-hybridized carbons (Fsp3) is 0.333. The third kappa shape index (κ3) is 4.35. The second kappa shape index (κ2) is 8.73. The number of H-pyrrole nitrogens is 1. The third-order valence-electron chi connectivity index (χ3n) is 6.66. The van der Waals surface area contributed by atoms with Crippen LogP contribution >= 0.6 is 0 Å². The molecule has 5 rings (SSSR count). The van der Waals surface area contributed by atoms with Crippen LogP contribution in [0.3, 0.4) is 0 Å². The zero-order valence-electron chi connectivity index (χ0n) is 17.9. The average molecular weight is 451 g/mol. The first-order valence-corrected chi connectivity index (χ1v) is 11.0. The van der Waals surface area contributed by atoms with Gasteiger partial charge >= 0.3 is 0 Å².